The Morgan fingerprint density at radius 1 is 1.05 bits per heavy atom. The number of nitrogens with one attached hydrogen (secondary N) is 1. The van der Waals surface area contributed by atoms with Crippen LogP contribution in [0.2, 0.25) is 5.02 Å². The molecule has 0 aliphatic rings. The van der Waals surface area contributed by atoms with Gasteiger partial charge in [0.15, 0.2) is 0 Å². The van der Waals surface area contributed by atoms with Crippen LogP contribution in [0.4, 0.5) is 0 Å². The number of hydrogen-bond acceptors (Lipinski definition) is 1. The quantitative estimate of drug-likeness (QED) is 0.719. The highest BCUT2D eigenvalue weighted by atomic mass is 79.9. The lowest BCUT2D eigenvalue weighted by Gasteiger charge is -2.21. The van der Waals surface area contributed by atoms with E-state index < -0.39 is 0 Å². The van der Waals surface area contributed by atoms with Crippen molar-refractivity contribution in [3.05, 3.63) is 69.2 Å². The maximum atomic E-state index is 6.39. The number of hydrogen-bond donors (Lipinski definition) is 1. The van der Waals surface area contributed by atoms with Gasteiger partial charge in [-0.25, -0.2) is 0 Å². The van der Waals surface area contributed by atoms with Crippen molar-refractivity contribution in [3.8, 4) is 0 Å². The molecule has 1 nitrogen and oxygen atoms in total. The van der Waals surface area contributed by atoms with E-state index in [4.69, 9.17) is 11.6 Å². The minimum Gasteiger partial charge on any atom is -0.314 e. The summed E-state index contributed by atoms with van der Waals surface area (Å²) in [6, 6.07) is 17.1. The van der Waals surface area contributed by atoms with Crippen molar-refractivity contribution in [2.75, 3.05) is 6.54 Å². The Kier molecular flexibility index (Phi) is 6.28. The van der Waals surface area contributed by atoms with Crippen LogP contribution in [-0.4, -0.2) is 12.6 Å². The van der Waals surface area contributed by atoms with Crippen LogP contribution in [0.5, 0.6) is 0 Å². The summed E-state index contributed by atoms with van der Waals surface area (Å²) in [5.74, 6) is 0.377. The van der Waals surface area contributed by atoms with Crippen LogP contribution in [0.3, 0.4) is 0 Å². The Bertz CT molecular complexity index is 566. The Morgan fingerprint density at radius 3 is 2.33 bits per heavy atom. The molecular formula is C18H21BrClN. The maximum absolute atomic E-state index is 6.39. The molecule has 0 bridgehead atoms. The van der Waals surface area contributed by atoms with Gasteiger partial charge >= 0.3 is 0 Å². The van der Waals surface area contributed by atoms with E-state index in [1.807, 2.05) is 12.1 Å². The first-order chi connectivity index (χ1) is 10.1. The average molecular weight is 367 g/mol. The van der Waals surface area contributed by atoms with E-state index in [0.29, 0.717) is 12.0 Å². The van der Waals surface area contributed by atoms with Crippen molar-refractivity contribution >= 4 is 27.5 Å². The van der Waals surface area contributed by atoms with Crippen LogP contribution in [0.1, 0.15) is 30.9 Å². The summed E-state index contributed by atoms with van der Waals surface area (Å²) in [5.41, 5.74) is 2.55. The summed E-state index contributed by atoms with van der Waals surface area (Å²) in [7, 11) is 0. The predicted octanol–water partition coefficient (Wildman–Crippen LogP) is 5.43. The molecule has 0 saturated carbocycles. The zero-order chi connectivity index (χ0) is 15.2. The summed E-state index contributed by atoms with van der Waals surface area (Å²) in [5, 5.41) is 4.39. The number of rotatable bonds is 6. The monoisotopic (exact) mass is 365 g/mol. The molecule has 0 heterocycles. The third-order valence-electron chi connectivity index (χ3n) is 3.51. The Morgan fingerprint density at radius 2 is 1.71 bits per heavy atom. The molecule has 1 atom stereocenters. The van der Waals surface area contributed by atoms with E-state index in [1.54, 1.807) is 0 Å². The molecule has 112 valence electrons. The summed E-state index contributed by atoms with van der Waals surface area (Å²) in [4.78, 5) is 0. The van der Waals surface area contributed by atoms with Gasteiger partial charge in [-0.2, -0.15) is 0 Å². The van der Waals surface area contributed by atoms with E-state index in [-0.39, 0.29) is 0 Å². The molecule has 0 aliphatic heterocycles. The fourth-order valence-corrected chi connectivity index (χ4v) is 2.94. The average Bonchev–Trinajstić information content (AvgIpc) is 2.46. The number of benzene rings is 2. The lowest BCUT2D eigenvalue weighted by molar-refractivity contribution is 0.527. The molecule has 0 spiro atoms. The molecule has 0 aliphatic carbocycles. The van der Waals surface area contributed by atoms with Gasteiger partial charge in [-0.05, 0) is 35.7 Å². The van der Waals surface area contributed by atoms with Crippen LogP contribution in [0.15, 0.2) is 53.0 Å². The van der Waals surface area contributed by atoms with Crippen LogP contribution >= 0.6 is 27.5 Å². The maximum Gasteiger partial charge on any atom is 0.0441 e. The normalized spacial score (nSPS) is 12.6. The van der Waals surface area contributed by atoms with E-state index in [9.17, 15) is 0 Å². The zero-order valence-electron chi connectivity index (χ0n) is 12.4. The van der Waals surface area contributed by atoms with Gasteiger partial charge in [-0.1, -0.05) is 71.7 Å². The predicted molar refractivity (Wildman–Crippen MR) is 95.2 cm³/mol. The van der Waals surface area contributed by atoms with E-state index in [1.165, 1.54) is 11.1 Å². The highest BCUT2D eigenvalue weighted by molar-refractivity contribution is 9.10. The minimum atomic E-state index is 0.377. The van der Waals surface area contributed by atoms with Gasteiger partial charge in [-0.3, -0.25) is 0 Å². The van der Waals surface area contributed by atoms with E-state index >= 15 is 0 Å². The van der Waals surface area contributed by atoms with Crippen molar-refractivity contribution in [1.82, 2.24) is 5.32 Å². The summed E-state index contributed by atoms with van der Waals surface area (Å²) >= 11 is 9.88. The molecule has 2 aromatic rings. The topological polar surface area (TPSA) is 12.0 Å². The zero-order valence-corrected chi connectivity index (χ0v) is 14.8. The van der Waals surface area contributed by atoms with E-state index in [2.05, 4.69) is 71.5 Å². The van der Waals surface area contributed by atoms with Crippen molar-refractivity contribution < 1.29 is 0 Å². The van der Waals surface area contributed by atoms with Crippen LogP contribution < -0.4 is 5.32 Å². The second-order valence-electron chi connectivity index (χ2n) is 5.61. The second kappa shape index (κ2) is 7.98. The molecule has 21 heavy (non-hydrogen) atoms. The van der Waals surface area contributed by atoms with Crippen molar-refractivity contribution in [2.24, 2.45) is 0 Å². The molecule has 0 saturated heterocycles. The molecule has 0 aromatic heterocycles. The largest absolute Gasteiger partial charge is 0.314 e. The molecule has 3 heteroatoms. The molecular weight excluding hydrogens is 346 g/mol. The molecule has 0 radical (unpaired) electrons. The van der Waals surface area contributed by atoms with Crippen LogP contribution in [0, 0.1) is 0 Å². The first kappa shape index (κ1) is 16.5. The highest BCUT2D eigenvalue weighted by Crippen LogP contribution is 2.27. The standard InChI is InChI=1S/C18H21BrClN/c1-13(2)21-12-15(17-5-3-4-6-18(17)20)11-14-7-9-16(19)10-8-14/h3-10,13,15,21H,11-12H2,1-2H3. The fraction of sp³-hybridized carbons (Fsp3) is 0.333. The van der Waals surface area contributed by atoms with Crippen molar-refractivity contribution in [3.63, 3.8) is 0 Å². The van der Waals surface area contributed by atoms with Crippen molar-refractivity contribution in [2.45, 2.75) is 32.2 Å². The molecule has 2 aromatic carbocycles. The third kappa shape index (κ3) is 5.14. The Hall–Kier alpha value is -0.830. The molecule has 2 rings (SSSR count). The number of halogens is 2. The molecule has 1 N–H and O–H groups in total. The molecule has 1 unspecified atom stereocenters. The lowest BCUT2D eigenvalue weighted by atomic mass is 9.91. The summed E-state index contributed by atoms with van der Waals surface area (Å²) < 4.78 is 1.11. The van der Waals surface area contributed by atoms with Crippen molar-refractivity contribution in [1.29, 1.82) is 0 Å². The Labute approximate surface area is 140 Å². The molecule has 0 amide bonds. The second-order valence-corrected chi connectivity index (χ2v) is 6.93. The van der Waals surface area contributed by atoms with Gasteiger partial charge in [-0.15, -0.1) is 0 Å². The third-order valence-corrected chi connectivity index (χ3v) is 4.39. The van der Waals surface area contributed by atoms with E-state index in [0.717, 1.165) is 22.5 Å². The Balaban J connectivity index is 2.19. The lowest BCUT2D eigenvalue weighted by Crippen LogP contribution is -2.29. The van der Waals surface area contributed by atoms with Crippen LogP contribution in [-0.2, 0) is 6.42 Å². The van der Waals surface area contributed by atoms with Crippen LogP contribution in [0.25, 0.3) is 0 Å². The molecule has 0 fully saturated rings. The van der Waals surface area contributed by atoms with Gasteiger partial charge in [0.05, 0.1) is 0 Å². The first-order valence-electron chi connectivity index (χ1n) is 7.28. The SMILES string of the molecule is CC(C)NCC(Cc1ccc(Br)cc1)c1ccccc1Cl. The summed E-state index contributed by atoms with van der Waals surface area (Å²) in [6.07, 6.45) is 0.983. The first-order valence-corrected chi connectivity index (χ1v) is 8.45. The van der Waals surface area contributed by atoms with Gasteiger partial charge in [0.2, 0.25) is 0 Å². The summed E-state index contributed by atoms with van der Waals surface area (Å²) in [6.45, 7) is 5.27. The fourth-order valence-electron chi connectivity index (χ4n) is 2.38. The van der Waals surface area contributed by atoms with Gasteiger partial charge < -0.3 is 5.32 Å². The van der Waals surface area contributed by atoms with Gasteiger partial charge in [0.25, 0.3) is 0 Å². The highest BCUT2D eigenvalue weighted by Gasteiger charge is 2.15. The smallest absolute Gasteiger partial charge is 0.0441 e. The van der Waals surface area contributed by atoms with Gasteiger partial charge in [0.1, 0.15) is 0 Å². The van der Waals surface area contributed by atoms with Gasteiger partial charge in [0, 0.05) is 28.0 Å². The minimum absolute atomic E-state index is 0.377.